The Hall–Kier alpha value is -2.80. The van der Waals surface area contributed by atoms with Crippen LogP contribution in [0.4, 0.5) is 4.79 Å². The van der Waals surface area contributed by atoms with E-state index in [1.54, 1.807) is 38.8 Å². The van der Waals surface area contributed by atoms with Crippen LogP contribution in [0.15, 0.2) is 41.6 Å². The van der Waals surface area contributed by atoms with E-state index in [-0.39, 0.29) is 5.24 Å². The Kier molecular flexibility index (Phi) is 4.52. The average Bonchev–Trinajstić information content (AvgIpc) is 2.92. The predicted molar refractivity (Wildman–Crippen MR) is 91.9 cm³/mol. The summed E-state index contributed by atoms with van der Waals surface area (Å²) in [6, 6.07) is 7.32. The third kappa shape index (κ3) is 3.11. The topological polar surface area (TPSA) is 77.5 Å². The second kappa shape index (κ2) is 6.76. The SMILES string of the molecule is COc1cc(/C=C2/SC(=O)NC2=O)c(-c2cccnc2)cc1OC. The number of aromatic nitrogens is 1. The van der Waals surface area contributed by atoms with Crippen molar-refractivity contribution in [3.05, 3.63) is 47.1 Å². The number of hydrogen-bond donors (Lipinski definition) is 1. The zero-order valence-electron chi connectivity index (χ0n) is 13.0. The first kappa shape index (κ1) is 16.1. The number of thioether (sulfide) groups is 1. The van der Waals surface area contributed by atoms with Crippen molar-refractivity contribution in [2.75, 3.05) is 14.2 Å². The third-order valence-electron chi connectivity index (χ3n) is 3.46. The molecule has 0 bridgehead atoms. The van der Waals surface area contributed by atoms with Crippen molar-refractivity contribution in [3.8, 4) is 22.6 Å². The Morgan fingerprint density at radius 2 is 1.92 bits per heavy atom. The lowest BCUT2D eigenvalue weighted by Gasteiger charge is -2.13. The highest BCUT2D eigenvalue weighted by atomic mass is 32.2. The lowest BCUT2D eigenvalue weighted by Crippen LogP contribution is -2.17. The van der Waals surface area contributed by atoms with E-state index < -0.39 is 5.91 Å². The molecular formula is C17H14N2O4S. The van der Waals surface area contributed by atoms with Gasteiger partial charge in [0.25, 0.3) is 11.1 Å². The lowest BCUT2D eigenvalue weighted by molar-refractivity contribution is -0.115. The number of amides is 2. The fourth-order valence-electron chi connectivity index (χ4n) is 2.35. The smallest absolute Gasteiger partial charge is 0.290 e. The van der Waals surface area contributed by atoms with Crippen LogP contribution in [0.5, 0.6) is 11.5 Å². The van der Waals surface area contributed by atoms with Gasteiger partial charge in [0.05, 0.1) is 19.1 Å². The molecule has 0 atom stereocenters. The minimum Gasteiger partial charge on any atom is -0.493 e. The Morgan fingerprint density at radius 1 is 1.17 bits per heavy atom. The second-order valence-corrected chi connectivity index (χ2v) is 5.90. The highest BCUT2D eigenvalue weighted by Gasteiger charge is 2.25. The van der Waals surface area contributed by atoms with Gasteiger partial charge in [0.1, 0.15) is 0 Å². The van der Waals surface area contributed by atoms with Crippen LogP contribution in [0.2, 0.25) is 0 Å². The number of nitrogens with one attached hydrogen (secondary N) is 1. The van der Waals surface area contributed by atoms with E-state index >= 15 is 0 Å². The van der Waals surface area contributed by atoms with E-state index in [9.17, 15) is 9.59 Å². The molecule has 0 spiro atoms. The van der Waals surface area contributed by atoms with E-state index in [1.165, 1.54) is 0 Å². The summed E-state index contributed by atoms with van der Waals surface area (Å²) in [6.07, 6.45) is 5.06. The van der Waals surface area contributed by atoms with Crippen molar-refractivity contribution in [1.29, 1.82) is 0 Å². The van der Waals surface area contributed by atoms with Crippen LogP contribution in [0.1, 0.15) is 5.56 Å². The van der Waals surface area contributed by atoms with Crippen LogP contribution in [-0.2, 0) is 4.79 Å². The first-order valence-corrected chi connectivity index (χ1v) is 7.85. The number of carbonyl (C=O) groups is 2. The number of nitrogens with zero attached hydrogens (tertiary/aromatic N) is 1. The van der Waals surface area contributed by atoms with Crippen LogP contribution < -0.4 is 14.8 Å². The zero-order valence-corrected chi connectivity index (χ0v) is 13.8. The molecule has 7 heteroatoms. The van der Waals surface area contributed by atoms with Gasteiger partial charge in [-0.05, 0) is 47.2 Å². The first-order valence-electron chi connectivity index (χ1n) is 7.03. The van der Waals surface area contributed by atoms with Crippen LogP contribution in [-0.4, -0.2) is 30.3 Å². The van der Waals surface area contributed by atoms with Gasteiger partial charge in [0.2, 0.25) is 0 Å². The molecule has 0 saturated carbocycles. The van der Waals surface area contributed by atoms with Crippen LogP contribution in [0, 0.1) is 0 Å². The van der Waals surface area contributed by atoms with Crippen LogP contribution in [0.25, 0.3) is 17.2 Å². The Bertz CT molecular complexity index is 834. The number of ether oxygens (including phenoxy) is 2. The highest BCUT2D eigenvalue weighted by molar-refractivity contribution is 8.18. The largest absolute Gasteiger partial charge is 0.493 e. The summed E-state index contributed by atoms with van der Waals surface area (Å²) in [5, 5.41) is 1.87. The van der Waals surface area contributed by atoms with E-state index in [0.717, 1.165) is 28.5 Å². The number of rotatable bonds is 4. The van der Waals surface area contributed by atoms with E-state index in [0.29, 0.717) is 16.4 Å². The molecule has 1 aliphatic heterocycles. The minimum absolute atomic E-state index is 0.331. The molecule has 3 rings (SSSR count). The maximum absolute atomic E-state index is 11.8. The number of hydrogen-bond acceptors (Lipinski definition) is 6. The van der Waals surface area contributed by atoms with E-state index in [4.69, 9.17) is 9.47 Å². The normalized spacial score (nSPS) is 15.5. The van der Waals surface area contributed by atoms with Gasteiger partial charge >= 0.3 is 0 Å². The summed E-state index contributed by atoms with van der Waals surface area (Å²) in [7, 11) is 3.10. The molecule has 2 aromatic rings. The predicted octanol–water partition coefficient (Wildman–Crippen LogP) is 3.09. The van der Waals surface area contributed by atoms with Crippen molar-refractivity contribution in [2.24, 2.45) is 0 Å². The molecule has 1 fully saturated rings. The van der Waals surface area contributed by atoms with Gasteiger partial charge in [-0.2, -0.15) is 0 Å². The van der Waals surface area contributed by atoms with Gasteiger partial charge in [-0.1, -0.05) is 6.07 Å². The quantitative estimate of drug-likeness (QED) is 0.861. The second-order valence-electron chi connectivity index (χ2n) is 4.89. The minimum atomic E-state index is -0.406. The highest BCUT2D eigenvalue weighted by Crippen LogP contribution is 2.38. The standard InChI is InChI=1S/C17H14N2O4S/c1-22-13-6-11(7-15-16(20)19-17(21)24-15)12(8-14(13)23-2)10-4-3-5-18-9-10/h3-9H,1-2H3,(H,19,20,21)/b15-7+. The number of pyridine rings is 1. The summed E-state index contributed by atoms with van der Waals surface area (Å²) in [6.45, 7) is 0. The molecule has 2 amide bonds. The van der Waals surface area contributed by atoms with Gasteiger partial charge in [-0.15, -0.1) is 0 Å². The number of carbonyl (C=O) groups excluding carboxylic acids is 2. The molecule has 2 heterocycles. The fraction of sp³-hybridized carbons (Fsp3) is 0.118. The first-order chi connectivity index (χ1) is 11.6. The Morgan fingerprint density at radius 3 is 2.50 bits per heavy atom. The van der Waals surface area contributed by atoms with Gasteiger partial charge in [-0.3, -0.25) is 19.9 Å². The Balaban J connectivity index is 2.18. The lowest BCUT2D eigenvalue weighted by atomic mass is 9.99. The number of imide groups is 1. The Labute approximate surface area is 142 Å². The molecule has 1 N–H and O–H groups in total. The molecule has 1 aromatic carbocycles. The molecule has 1 saturated heterocycles. The molecule has 0 unspecified atom stereocenters. The van der Waals surface area contributed by atoms with E-state index in [1.807, 2.05) is 18.2 Å². The molecule has 24 heavy (non-hydrogen) atoms. The number of benzene rings is 1. The van der Waals surface area contributed by atoms with Crippen molar-refractivity contribution in [3.63, 3.8) is 0 Å². The molecule has 0 radical (unpaired) electrons. The molecule has 122 valence electrons. The summed E-state index contributed by atoms with van der Waals surface area (Å²) >= 11 is 0.870. The van der Waals surface area contributed by atoms with Crippen LogP contribution >= 0.6 is 11.8 Å². The van der Waals surface area contributed by atoms with Gasteiger partial charge in [-0.25, -0.2) is 0 Å². The fourth-order valence-corrected chi connectivity index (χ4v) is 3.02. The number of methoxy groups -OCH3 is 2. The summed E-state index contributed by atoms with van der Waals surface area (Å²) < 4.78 is 10.7. The van der Waals surface area contributed by atoms with Crippen LogP contribution in [0.3, 0.4) is 0 Å². The zero-order chi connectivity index (χ0) is 17.1. The summed E-state index contributed by atoms with van der Waals surface area (Å²) in [5.41, 5.74) is 2.41. The molecular weight excluding hydrogens is 328 g/mol. The monoisotopic (exact) mass is 342 g/mol. The van der Waals surface area contributed by atoms with Crippen molar-refractivity contribution >= 4 is 29.0 Å². The van der Waals surface area contributed by atoms with Gasteiger partial charge in [0, 0.05) is 18.0 Å². The molecule has 0 aliphatic carbocycles. The molecule has 1 aliphatic rings. The van der Waals surface area contributed by atoms with Crippen molar-refractivity contribution in [1.82, 2.24) is 10.3 Å². The molecule has 1 aromatic heterocycles. The third-order valence-corrected chi connectivity index (χ3v) is 4.27. The summed E-state index contributed by atoms with van der Waals surface area (Å²) in [5.74, 6) is 0.696. The average molecular weight is 342 g/mol. The summed E-state index contributed by atoms with van der Waals surface area (Å²) in [4.78, 5) is 27.7. The van der Waals surface area contributed by atoms with Gasteiger partial charge in [0.15, 0.2) is 11.5 Å². The maximum atomic E-state index is 11.8. The molecule has 6 nitrogen and oxygen atoms in total. The van der Waals surface area contributed by atoms with Crippen molar-refractivity contribution in [2.45, 2.75) is 0 Å². The maximum Gasteiger partial charge on any atom is 0.290 e. The van der Waals surface area contributed by atoms with Gasteiger partial charge < -0.3 is 9.47 Å². The van der Waals surface area contributed by atoms with Crippen molar-refractivity contribution < 1.29 is 19.1 Å². The van der Waals surface area contributed by atoms with E-state index in [2.05, 4.69) is 10.3 Å².